The first-order valence-corrected chi connectivity index (χ1v) is 5.71. The van der Waals surface area contributed by atoms with Gasteiger partial charge >= 0.3 is 0 Å². The van der Waals surface area contributed by atoms with Crippen molar-refractivity contribution in [3.05, 3.63) is 42.4 Å². The van der Waals surface area contributed by atoms with E-state index in [1.165, 1.54) is 0 Å². The van der Waals surface area contributed by atoms with Crippen molar-refractivity contribution in [3.63, 3.8) is 0 Å². The van der Waals surface area contributed by atoms with Crippen LogP contribution in [-0.2, 0) is 6.61 Å². The Balaban J connectivity index is 1.99. The molecule has 0 fully saturated rings. The van der Waals surface area contributed by atoms with Gasteiger partial charge in [0.05, 0.1) is 6.61 Å². The Bertz CT molecular complexity index is 517. The number of nitrogens with zero attached hydrogens (tertiary/aromatic N) is 2. The van der Waals surface area contributed by atoms with Gasteiger partial charge in [-0.3, -0.25) is 0 Å². The summed E-state index contributed by atoms with van der Waals surface area (Å²) in [6, 6.07) is 9.08. The van der Waals surface area contributed by atoms with Gasteiger partial charge in [0.1, 0.15) is 23.9 Å². The summed E-state index contributed by atoms with van der Waals surface area (Å²) in [5.74, 6) is 2.49. The van der Waals surface area contributed by atoms with Crippen molar-refractivity contribution in [1.29, 1.82) is 0 Å². The highest BCUT2D eigenvalue weighted by Crippen LogP contribution is 2.19. The van der Waals surface area contributed by atoms with Crippen LogP contribution in [0.15, 0.2) is 36.5 Å². The van der Waals surface area contributed by atoms with Crippen LogP contribution in [0.2, 0.25) is 0 Å². The second-order valence-electron chi connectivity index (χ2n) is 3.59. The zero-order chi connectivity index (χ0) is 12.8. The van der Waals surface area contributed by atoms with Crippen molar-refractivity contribution >= 4 is 5.82 Å². The molecule has 1 heterocycles. The van der Waals surface area contributed by atoms with E-state index in [9.17, 15) is 0 Å². The molecule has 0 radical (unpaired) electrons. The molecule has 1 aromatic heterocycles. The van der Waals surface area contributed by atoms with Crippen molar-refractivity contribution in [2.24, 2.45) is 0 Å². The zero-order valence-corrected chi connectivity index (χ0v) is 10.2. The highest BCUT2D eigenvalue weighted by Gasteiger charge is 2.00. The molecule has 5 nitrogen and oxygen atoms in total. The van der Waals surface area contributed by atoms with E-state index < -0.39 is 0 Å². The standard InChI is InChI=1S/C13H15N3O2/c1-2-17-10-4-3-5-11(8-10)18-9-13-15-7-6-12(14)16-13/h3-8H,2,9H2,1H3,(H2,14,15,16). The fourth-order valence-corrected chi connectivity index (χ4v) is 1.45. The van der Waals surface area contributed by atoms with Gasteiger partial charge in [0.2, 0.25) is 0 Å². The molecule has 0 aliphatic carbocycles. The summed E-state index contributed by atoms with van der Waals surface area (Å²) in [5.41, 5.74) is 5.56. The Morgan fingerprint density at radius 1 is 1.17 bits per heavy atom. The molecule has 0 aliphatic heterocycles. The van der Waals surface area contributed by atoms with E-state index >= 15 is 0 Å². The number of rotatable bonds is 5. The molecule has 0 aliphatic rings. The van der Waals surface area contributed by atoms with E-state index in [-0.39, 0.29) is 6.61 Å². The molecule has 0 spiro atoms. The van der Waals surface area contributed by atoms with E-state index in [2.05, 4.69) is 9.97 Å². The topological polar surface area (TPSA) is 70.3 Å². The minimum absolute atomic E-state index is 0.278. The lowest BCUT2D eigenvalue weighted by atomic mass is 10.3. The Morgan fingerprint density at radius 2 is 1.94 bits per heavy atom. The number of anilines is 1. The maximum absolute atomic E-state index is 5.57. The third kappa shape index (κ3) is 3.35. The summed E-state index contributed by atoms with van der Waals surface area (Å²) in [7, 11) is 0. The predicted octanol–water partition coefficient (Wildman–Crippen LogP) is 2.04. The van der Waals surface area contributed by atoms with Crippen LogP contribution in [0.25, 0.3) is 0 Å². The monoisotopic (exact) mass is 245 g/mol. The van der Waals surface area contributed by atoms with Crippen LogP contribution in [0.5, 0.6) is 11.5 Å². The first kappa shape index (κ1) is 12.2. The smallest absolute Gasteiger partial charge is 0.168 e. The third-order valence-electron chi connectivity index (χ3n) is 2.21. The van der Waals surface area contributed by atoms with Crippen LogP contribution >= 0.6 is 0 Å². The molecule has 0 amide bonds. The quantitative estimate of drug-likeness (QED) is 0.872. The average Bonchev–Trinajstić information content (AvgIpc) is 2.37. The van der Waals surface area contributed by atoms with Crippen LogP contribution < -0.4 is 15.2 Å². The molecule has 94 valence electrons. The molecule has 0 unspecified atom stereocenters. The number of nitrogen functional groups attached to an aromatic ring is 1. The molecule has 0 saturated carbocycles. The normalized spacial score (nSPS) is 10.1. The summed E-state index contributed by atoms with van der Waals surface area (Å²) in [6.45, 7) is 2.84. The molecule has 0 saturated heterocycles. The summed E-state index contributed by atoms with van der Waals surface area (Å²) in [4.78, 5) is 8.12. The maximum atomic E-state index is 5.57. The fraction of sp³-hybridized carbons (Fsp3) is 0.231. The van der Waals surface area contributed by atoms with Gasteiger partial charge in [-0.1, -0.05) is 6.07 Å². The van der Waals surface area contributed by atoms with E-state index in [1.54, 1.807) is 12.3 Å². The first-order valence-electron chi connectivity index (χ1n) is 5.71. The van der Waals surface area contributed by atoms with Gasteiger partial charge in [-0.15, -0.1) is 0 Å². The van der Waals surface area contributed by atoms with Gasteiger partial charge in [-0.05, 0) is 25.1 Å². The molecule has 0 bridgehead atoms. The second kappa shape index (κ2) is 5.86. The summed E-state index contributed by atoms with van der Waals surface area (Å²) in [5, 5.41) is 0. The van der Waals surface area contributed by atoms with Gasteiger partial charge in [0, 0.05) is 12.3 Å². The molecular weight excluding hydrogens is 230 g/mol. The largest absolute Gasteiger partial charge is 0.494 e. The zero-order valence-electron chi connectivity index (χ0n) is 10.2. The Labute approximate surface area is 106 Å². The van der Waals surface area contributed by atoms with E-state index in [0.717, 1.165) is 5.75 Å². The van der Waals surface area contributed by atoms with Crippen LogP contribution in [0.4, 0.5) is 5.82 Å². The third-order valence-corrected chi connectivity index (χ3v) is 2.21. The average molecular weight is 245 g/mol. The SMILES string of the molecule is CCOc1cccc(OCc2nccc(N)n2)c1. The molecule has 5 heteroatoms. The maximum Gasteiger partial charge on any atom is 0.168 e. The molecule has 2 N–H and O–H groups in total. The van der Waals surface area contributed by atoms with Crippen LogP contribution in [0.1, 0.15) is 12.7 Å². The Hall–Kier alpha value is -2.30. The second-order valence-corrected chi connectivity index (χ2v) is 3.59. The van der Waals surface area contributed by atoms with Crippen LogP contribution in [0, 0.1) is 0 Å². The predicted molar refractivity (Wildman–Crippen MR) is 68.4 cm³/mol. The van der Waals surface area contributed by atoms with Gasteiger partial charge in [0.25, 0.3) is 0 Å². The van der Waals surface area contributed by atoms with Crippen molar-refractivity contribution in [1.82, 2.24) is 9.97 Å². The van der Waals surface area contributed by atoms with Crippen molar-refractivity contribution < 1.29 is 9.47 Å². The van der Waals surface area contributed by atoms with Crippen LogP contribution in [0.3, 0.4) is 0 Å². The Kier molecular flexibility index (Phi) is 3.96. The van der Waals surface area contributed by atoms with Crippen molar-refractivity contribution in [2.45, 2.75) is 13.5 Å². The molecule has 2 rings (SSSR count). The van der Waals surface area contributed by atoms with Crippen molar-refractivity contribution in [2.75, 3.05) is 12.3 Å². The lowest BCUT2D eigenvalue weighted by Crippen LogP contribution is -2.03. The van der Waals surface area contributed by atoms with Gasteiger partial charge in [-0.2, -0.15) is 0 Å². The first-order chi connectivity index (χ1) is 8.78. The summed E-state index contributed by atoms with van der Waals surface area (Å²) < 4.78 is 11.0. The molecule has 18 heavy (non-hydrogen) atoms. The molecule has 1 aromatic carbocycles. The Morgan fingerprint density at radius 3 is 2.67 bits per heavy atom. The van der Waals surface area contributed by atoms with E-state index in [0.29, 0.717) is 24.0 Å². The van der Waals surface area contributed by atoms with Gasteiger partial charge in [0.15, 0.2) is 5.82 Å². The van der Waals surface area contributed by atoms with E-state index in [1.807, 2.05) is 31.2 Å². The molecular formula is C13H15N3O2. The van der Waals surface area contributed by atoms with Gasteiger partial charge in [-0.25, -0.2) is 9.97 Å². The number of hydrogen-bond acceptors (Lipinski definition) is 5. The molecule has 0 atom stereocenters. The number of nitrogens with two attached hydrogens (primary N) is 1. The van der Waals surface area contributed by atoms with Crippen LogP contribution in [-0.4, -0.2) is 16.6 Å². The highest BCUT2D eigenvalue weighted by atomic mass is 16.5. The summed E-state index contributed by atoms with van der Waals surface area (Å²) >= 11 is 0. The fourth-order valence-electron chi connectivity index (χ4n) is 1.45. The lowest BCUT2D eigenvalue weighted by Gasteiger charge is -2.07. The number of hydrogen-bond donors (Lipinski definition) is 1. The minimum atomic E-state index is 0.278. The lowest BCUT2D eigenvalue weighted by molar-refractivity contribution is 0.291. The molecule has 2 aromatic rings. The summed E-state index contributed by atoms with van der Waals surface area (Å²) in [6.07, 6.45) is 1.61. The number of aromatic nitrogens is 2. The number of ether oxygens (including phenoxy) is 2. The highest BCUT2D eigenvalue weighted by molar-refractivity contribution is 5.33. The number of benzene rings is 1. The van der Waals surface area contributed by atoms with Crippen molar-refractivity contribution in [3.8, 4) is 11.5 Å². The minimum Gasteiger partial charge on any atom is -0.494 e. The van der Waals surface area contributed by atoms with Gasteiger partial charge < -0.3 is 15.2 Å². The van der Waals surface area contributed by atoms with E-state index in [4.69, 9.17) is 15.2 Å².